The zero-order valence-electron chi connectivity index (χ0n) is 9.98. The van der Waals surface area contributed by atoms with Crippen molar-refractivity contribution in [1.82, 2.24) is 10.5 Å². The van der Waals surface area contributed by atoms with Crippen molar-refractivity contribution >= 4 is 0 Å². The first-order chi connectivity index (χ1) is 7.77. The first-order valence-corrected chi connectivity index (χ1v) is 6.00. The van der Waals surface area contributed by atoms with Crippen LogP contribution in [0.25, 0.3) is 0 Å². The lowest BCUT2D eigenvalue weighted by molar-refractivity contribution is 0.00219. The van der Waals surface area contributed by atoms with Crippen molar-refractivity contribution in [3.63, 3.8) is 0 Å². The van der Waals surface area contributed by atoms with E-state index in [1.54, 1.807) is 6.20 Å². The van der Waals surface area contributed by atoms with Crippen molar-refractivity contribution in [1.29, 1.82) is 0 Å². The van der Waals surface area contributed by atoms with E-state index >= 15 is 0 Å². The predicted octanol–water partition coefficient (Wildman–Crippen LogP) is 1.79. The fourth-order valence-electron chi connectivity index (χ4n) is 2.06. The van der Waals surface area contributed by atoms with Crippen molar-refractivity contribution in [2.75, 3.05) is 19.7 Å². The normalized spacial score (nSPS) is 26.2. The van der Waals surface area contributed by atoms with Crippen LogP contribution < -0.4 is 5.32 Å². The van der Waals surface area contributed by atoms with E-state index < -0.39 is 0 Å². The summed E-state index contributed by atoms with van der Waals surface area (Å²) in [5.74, 6) is 1.87. The molecule has 1 fully saturated rings. The minimum Gasteiger partial charge on any atom is -0.376 e. The number of hydrogen-bond acceptors (Lipinski definition) is 4. The highest BCUT2D eigenvalue weighted by atomic mass is 16.5. The molecule has 4 heteroatoms. The number of nitrogens with zero attached hydrogens (tertiary/aromatic N) is 1. The molecule has 2 rings (SSSR count). The van der Waals surface area contributed by atoms with Crippen LogP contribution in [-0.4, -0.2) is 31.0 Å². The van der Waals surface area contributed by atoms with Crippen LogP contribution in [-0.2, 0) is 4.74 Å². The van der Waals surface area contributed by atoms with Gasteiger partial charge in [-0.05, 0) is 18.9 Å². The van der Waals surface area contributed by atoms with E-state index in [4.69, 9.17) is 9.26 Å². The summed E-state index contributed by atoms with van der Waals surface area (Å²) in [7, 11) is 0. The van der Waals surface area contributed by atoms with Crippen molar-refractivity contribution in [3.8, 4) is 0 Å². The van der Waals surface area contributed by atoms with Gasteiger partial charge in [-0.2, -0.15) is 0 Å². The Morgan fingerprint density at radius 1 is 1.62 bits per heavy atom. The highest BCUT2D eigenvalue weighted by molar-refractivity contribution is 5.06. The smallest absolute Gasteiger partial charge is 0.142 e. The van der Waals surface area contributed by atoms with E-state index in [-0.39, 0.29) is 6.10 Å². The van der Waals surface area contributed by atoms with Crippen LogP contribution in [0.4, 0.5) is 0 Å². The van der Waals surface area contributed by atoms with Gasteiger partial charge in [-0.1, -0.05) is 19.0 Å². The monoisotopic (exact) mass is 224 g/mol. The SMILES string of the molecule is CC(C)COC1CNCCC1c1ccno1. The summed E-state index contributed by atoms with van der Waals surface area (Å²) < 4.78 is 11.2. The van der Waals surface area contributed by atoms with Crippen LogP contribution in [0.15, 0.2) is 16.8 Å². The molecule has 1 aromatic rings. The van der Waals surface area contributed by atoms with Gasteiger partial charge in [0, 0.05) is 25.1 Å². The van der Waals surface area contributed by atoms with Crippen LogP contribution in [0.1, 0.15) is 31.9 Å². The van der Waals surface area contributed by atoms with Gasteiger partial charge < -0.3 is 14.6 Å². The van der Waals surface area contributed by atoms with Crippen molar-refractivity contribution in [3.05, 3.63) is 18.0 Å². The Bertz CT molecular complexity index is 298. The van der Waals surface area contributed by atoms with E-state index in [2.05, 4.69) is 24.3 Å². The summed E-state index contributed by atoms with van der Waals surface area (Å²) >= 11 is 0. The molecule has 0 spiro atoms. The minimum atomic E-state index is 0.212. The van der Waals surface area contributed by atoms with Gasteiger partial charge in [-0.25, -0.2) is 0 Å². The van der Waals surface area contributed by atoms with Gasteiger partial charge in [0.15, 0.2) is 0 Å². The zero-order valence-corrected chi connectivity index (χ0v) is 9.98. The largest absolute Gasteiger partial charge is 0.376 e. The first kappa shape index (κ1) is 11.6. The fourth-order valence-corrected chi connectivity index (χ4v) is 2.06. The van der Waals surface area contributed by atoms with Gasteiger partial charge >= 0.3 is 0 Å². The van der Waals surface area contributed by atoms with Crippen LogP contribution in [0, 0.1) is 5.92 Å². The lowest BCUT2D eigenvalue weighted by atomic mass is 9.92. The van der Waals surface area contributed by atoms with Crippen LogP contribution in [0.2, 0.25) is 0 Å². The van der Waals surface area contributed by atoms with Crippen molar-refractivity contribution < 1.29 is 9.26 Å². The van der Waals surface area contributed by atoms with Gasteiger partial charge in [0.1, 0.15) is 5.76 Å². The Kier molecular flexibility index (Phi) is 3.96. The maximum absolute atomic E-state index is 5.93. The summed E-state index contributed by atoms with van der Waals surface area (Å²) in [6.07, 6.45) is 2.97. The molecule has 1 saturated heterocycles. The Hall–Kier alpha value is -0.870. The molecule has 16 heavy (non-hydrogen) atoms. The summed E-state index contributed by atoms with van der Waals surface area (Å²) in [4.78, 5) is 0. The predicted molar refractivity (Wildman–Crippen MR) is 61.3 cm³/mol. The maximum Gasteiger partial charge on any atom is 0.142 e. The van der Waals surface area contributed by atoms with Gasteiger partial charge in [0.05, 0.1) is 12.3 Å². The number of aromatic nitrogens is 1. The molecule has 1 aliphatic heterocycles. The third kappa shape index (κ3) is 2.83. The molecule has 0 amide bonds. The standard InChI is InChI=1S/C12H20N2O2/c1-9(2)8-15-12-7-13-5-3-10(12)11-4-6-14-16-11/h4,6,9-10,12-13H,3,5,7-8H2,1-2H3. The highest BCUT2D eigenvalue weighted by Gasteiger charge is 2.29. The molecule has 1 aliphatic rings. The molecule has 0 radical (unpaired) electrons. The van der Waals surface area contributed by atoms with Crippen LogP contribution in [0.3, 0.4) is 0 Å². The average Bonchev–Trinajstić information content (AvgIpc) is 2.80. The molecule has 1 aromatic heterocycles. The minimum absolute atomic E-state index is 0.212. The lowest BCUT2D eigenvalue weighted by Crippen LogP contribution is -2.41. The van der Waals surface area contributed by atoms with E-state index in [1.165, 1.54) is 0 Å². The Morgan fingerprint density at radius 2 is 2.50 bits per heavy atom. The highest BCUT2D eigenvalue weighted by Crippen LogP contribution is 2.27. The fraction of sp³-hybridized carbons (Fsp3) is 0.750. The number of hydrogen-bond donors (Lipinski definition) is 1. The Balaban J connectivity index is 1.97. The quantitative estimate of drug-likeness (QED) is 0.847. The summed E-state index contributed by atoms with van der Waals surface area (Å²) in [6, 6.07) is 1.95. The molecule has 2 unspecified atom stereocenters. The zero-order chi connectivity index (χ0) is 11.4. The van der Waals surface area contributed by atoms with E-state index in [0.717, 1.165) is 31.9 Å². The molecular weight excluding hydrogens is 204 g/mol. The molecule has 1 N–H and O–H groups in total. The Labute approximate surface area is 96.3 Å². The molecule has 2 atom stereocenters. The number of rotatable bonds is 4. The third-order valence-electron chi connectivity index (χ3n) is 2.89. The maximum atomic E-state index is 5.93. The summed E-state index contributed by atoms with van der Waals surface area (Å²) in [5.41, 5.74) is 0. The number of nitrogens with one attached hydrogen (secondary N) is 1. The Morgan fingerprint density at radius 3 is 3.19 bits per heavy atom. The molecule has 0 saturated carbocycles. The molecule has 90 valence electrons. The van der Waals surface area contributed by atoms with Crippen molar-refractivity contribution in [2.24, 2.45) is 5.92 Å². The average molecular weight is 224 g/mol. The first-order valence-electron chi connectivity index (χ1n) is 6.00. The van der Waals surface area contributed by atoms with Gasteiger partial charge in [0.2, 0.25) is 0 Å². The van der Waals surface area contributed by atoms with Crippen LogP contribution >= 0.6 is 0 Å². The van der Waals surface area contributed by atoms with Gasteiger partial charge in [-0.15, -0.1) is 0 Å². The molecule has 0 aromatic carbocycles. The van der Waals surface area contributed by atoms with E-state index in [9.17, 15) is 0 Å². The molecule has 0 aliphatic carbocycles. The molecule has 0 bridgehead atoms. The van der Waals surface area contributed by atoms with Gasteiger partial charge in [0.25, 0.3) is 0 Å². The molecule has 4 nitrogen and oxygen atoms in total. The number of ether oxygens (including phenoxy) is 1. The topological polar surface area (TPSA) is 47.3 Å². The lowest BCUT2D eigenvalue weighted by Gasteiger charge is -2.30. The number of piperidine rings is 1. The second-order valence-electron chi connectivity index (χ2n) is 4.78. The van der Waals surface area contributed by atoms with Crippen molar-refractivity contribution in [2.45, 2.75) is 32.3 Å². The molecular formula is C12H20N2O2. The van der Waals surface area contributed by atoms with Gasteiger partial charge in [-0.3, -0.25) is 0 Å². The summed E-state index contributed by atoms with van der Waals surface area (Å²) in [5, 5.41) is 7.14. The summed E-state index contributed by atoms with van der Waals surface area (Å²) in [6.45, 7) is 7.06. The molecule has 2 heterocycles. The van der Waals surface area contributed by atoms with E-state index in [1.807, 2.05) is 6.07 Å². The second-order valence-corrected chi connectivity index (χ2v) is 4.78. The van der Waals surface area contributed by atoms with E-state index in [0.29, 0.717) is 11.8 Å². The second kappa shape index (κ2) is 5.46. The van der Waals surface area contributed by atoms with Crippen LogP contribution in [0.5, 0.6) is 0 Å². The third-order valence-corrected chi connectivity index (χ3v) is 2.89.